The van der Waals surface area contributed by atoms with Crippen LogP contribution in [-0.4, -0.2) is 79.2 Å². The number of carbonyl (C=O) groups is 3. The summed E-state index contributed by atoms with van der Waals surface area (Å²) >= 11 is 0. The molecule has 0 aromatic heterocycles. The fourth-order valence-corrected chi connectivity index (χ4v) is 4.60. The molecule has 8 nitrogen and oxygen atoms in total. The standard InChI is InChI=1S/C19H25N3O5S/c1-19(15-6-4-3-5-7-15)14-17(24)22(18(19)25)9-8-16(23)20-10-12-21(13-11-20)28(2,26)27/h3-7H,8-14H2,1-2H3/t19-/m1/s1. The fraction of sp³-hybridized carbons (Fsp3) is 0.526. The largest absolute Gasteiger partial charge is 0.340 e. The Morgan fingerprint density at radius 2 is 1.68 bits per heavy atom. The molecule has 0 saturated carbocycles. The van der Waals surface area contributed by atoms with E-state index in [9.17, 15) is 22.8 Å². The first kappa shape index (κ1) is 20.5. The van der Waals surface area contributed by atoms with E-state index in [0.717, 1.165) is 11.8 Å². The van der Waals surface area contributed by atoms with Gasteiger partial charge >= 0.3 is 0 Å². The Bertz CT molecular complexity index is 878. The van der Waals surface area contributed by atoms with Crippen molar-refractivity contribution < 1.29 is 22.8 Å². The number of imide groups is 1. The summed E-state index contributed by atoms with van der Waals surface area (Å²) in [6.07, 6.45) is 1.29. The third kappa shape index (κ3) is 3.95. The number of hydrogen-bond acceptors (Lipinski definition) is 5. The third-order valence-electron chi connectivity index (χ3n) is 5.54. The first-order valence-corrected chi connectivity index (χ1v) is 11.1. The van der Waals surface area contributed by atoms with Crippen LogP contribution in [0.15, 0.2) is 30.3 Å². The quantitative estimate of drug-likeness (QED) is 0.650. The van der Waals surface area contributed by atoms with Crippen LogP contribution in [0, 0.1) is 0 Å². The van der Waals surface area contributed by atoms with E-state index in [2.05, 4.69) is 0 Å². The van der Waals surface area contributed by atoms with Crippen LogP contribution in [0.25, 0.3) is 0 Å². The molecule has 9 heteroatoms. The summed E-state index contributed by atoms with van der Waals surface area (Å²) < 4.78 is 24.4. The van der Waals surface area contributed by atoms with Crippen molar-refractivity contribution in [3.05, 3.63) is 35.9 Å². The molecule has 0 N–H and O–H groups in total. The van der Waals surface area contributed by atoms with E-state index in [1.54, 1.807) is 11.8 Å². The summed E-state index contributed by atoms with van der Waals surface area (Å²) in [6, 6.07) is 9.19. The van der Waals surface area contributed by atoms with Crippen LogP contribution < -0.4 is 0 Å². The van der Waals surface area contributed by atoms with Gasteiger partial charge in [-0.3, -0.25) is 19.3 Å². The van der Waals surface area contributed by atoms with Crippen molar-refractivity contribution in [1.82, 2.24) is 14.1 Å². The summed E-state index contributed by atoms with van der Waals surface area (Å²) in [5.41, 5.74) is -0.109. The van der Waals surface area contributed by atoms with Crippen molar-refractivity contribution in [2.75, 3.05) is 39.0 Å². The molecule has 2 heterocycles. The lowest BCUT2D eigenvalue weighted by Gasteiger charge is -2.33. The van der Waals surface area contributed by atoms with Crippen LogP contribution in [-0.2, 0) is 29.8 Å². The van der Waals surface area contributed by atoms with Crippen LogP contribution in [0.5, 0.6) is 0 Å². The Labute approximate surface area is 165 Å². The molecule has 2 saturated heterocycles. The molecule has 2 aliphatic rings. The maximum Gasteiger partial charge on any atom is 0.240 e. The number of rotatable bonds is 5. The van der Waals surface area contributed by atoms with E-state index in [1.807, 2.05) is 30.3 Å². The van der Waals surface area contributed by atoms with Gasteiger partial charge in [-0.2, -0.15) is 4.31 Å². The molecule has 1 aromatic carbocycles. The lowest BCUT2D eigenvalue weighted by Crippen LogP contribution is -2.50. The highest BCUT2D eigenvalue weighted by Crippen LogP contribution is 2.36. The summed E-state index contributed by atoms with van der Waals surface area (Å²) in [7, 11) is -3.26. The zero-order valence-corrected chi connectivity index (χ0v) is 16.9. The van der Waals surface area contributed by atoms with E-state index < -0.39 is 15.4 Å². The van der Waals surface area contributed by atoms with Crippen molar-refractivity contribution in [2.45, 2.75) is 25.2 Å². The van der Waals surface area contributed by atoms with Crippen molar-refractivity contribution >= 4 is 27.7 Å². The first-order valence-electron chi connectivity index (χ1n) is 9.26. The van der Waals surface area contributed by atoms with Gasteiger partial charge in [0.05, 0.1) is 11.7 Å². The van der Waals surface area contributed by atoms with Gasteiger partial charge in [-0.15, -0.1) is 0 Å². The van der Waals surface area contributed by atoms with Crippen LogP contribution in [0.3, 0.4) is 0 Å². The Kier molecular flexibility index (Phi) is 5.58. The lowest BCUT2D eigenvalue weighted by molar-refractivity contribution is -0.140. The van der Waals surface area contributed by atoms with Gasteiger partial charge in [0.15, 0.2) is 0 Å². The molecule has 1 aromatic rings. The molecule has 2 aliphatic heterocycles. The second kappa shape index (κ2) is 7.63. The maximum absolute atomic E-state index is 12.9. The molecule has 0 aliphatic carbocycles. The van der Waals surface area contributed by atoms with Gasteiger partial charge in [-0.1, -0.05) is 30.3 Å². The Balaban J connectivity index is 1.58. The molecule has 2 fully saturated rings. The van der Waals surface area contributed by atoms with Gasteiger partial charge in [-0.25, -0.2) is 8.42 Å². The van der Waals surface area contributed by atoms with Crippen LogP contribution in [0.4, 0.5) is 0 Å². The minimum Gasteiger partial charge on any atom is -0.340 e. The first-order chi connectivity index (χ1) is 13.1. The van der Waals surface area contributed by atoms with Gasteiger partial charge in [0, 0.05) is 45.6 Å². The number of likely N-dealkylation sites (tertiary alicyclic amines) is 1. The highest BCUT2D eigenvalue weighted by molar-refractivity contribution is 7.88. The van der Waals surface area contributed by atoms with Crippen molar-refractivity contribution in [3.8, 4) is 0 Å². The zero-order valence-electron chi connectivity index (χ0n) is 16.1. The maximum atomic E-state index is 12.9. The molecular formula is C19H25N3O5S. The van der Waals surface area contributed by atoms with Crippen molar-refractivity contribution in [3.63, 3.8) is 0 Å². The molecular weight excluding hydrogens is 382 g/mol. The van der Waals surface area contributed by atoms with E-state index in [4.69, 9.17) is 0 Å². The SMILES string of the molecule is C[C@]1(c2ccccc2)CC(=O)N(CCC(=O)N2CCN(S(C)(=O)=O)CC2)C1=O. The zero-order chi connectivity index (χ0) is 20.5. The van der Waals surface area contributed by atoms with Crippen LogP contribution >= 0.6 is 0 Å². The van der Waals surface area contributed by atoms with Crippen LogP contribution in [0.1, 0.15) is 25.3 Å². The second-order valence-electron chi connectivity index (χ2n) is 7.52. The number of nitrogens with zero attached hydrogens (tertiary/aromatic N) is 3. The number of hydrogen-bond donors (Lipinski definition) is 0. The molecule has 0 unspecified atom stereocenters. The second-order valence-corrected chi connectivity index (χ2v) is 9.50. The Morgan fingerprint density at radius 3 is 2.25 bits per heavy atom. The average molecular weight is 407 g/mol. The smallest absolute Gasteiger partial charge is 0.240 e. The Morgan fingerprint density at radius 1 is 1.07 bits per heavy atom. The van der Waals surface area contributed by atoms with Crippen molar-refractivity contribution in [1.29, 1.82) is 0 Å². The molecule has 152 valence electrons. The fourth-order valence-electron chi connectivity index (χ4n) is 3.78. The van der Waals surface area contributed by atoms with Crippen LogP contribution in [0.2, 0.25) is 0 Å². The average Bonchev–Trinajstić information content (AvgIpc) is 2.89. The van der Waals surface area contributed by atoms with E-state index in [0.29, 0.717) is 13.1 Å². The topological polar surface area (TPSA) is 95.1 Å². The third-order valence-corrected chi connectivity index (χ3v) is 6.85. The Hall–Kier alpha value is -2.26. The van der Waals surface area contributed by atoms with Crippen molar-refractivity contribution in [2.24, 2.45) is 0 Å². The molecule has 0 bridgehead atoms. The van der Waals surface area contributed by atoms with E-state index in [1.165, 1.54) is 9.21 Å². The molecule has 0 spiro atoms. The molecule has 0 radical (unpaired) electrons. The summed E-state index contributed by atoms with van der Waals surface area (Å²) in [5.74, 6) is -0.730. The molecule has 28 heavy (non-hydrogen) atoms. The van der Waals surface area contributed by atoms with Gasteiger partial charge < -0.3 is 4.90 Å². The van der Waals surface area contributed by atoms with Gasteiger partial charge in [0.1, 0.15) is 0 Å². The molecule has 3 rings (SSSR count). The highest BCUT2D eigenvalue weighted by Gasteiger charge is 2.49. The predicted molar refractivity (Wildman–Crippen MR) is 103 cm³/mol. The predicted octanol–water partition coefficient (Wildman–Crippen LogP) is 0.197. The number of amides is 3. The van der Waals surface area contributed by atoms with E-state index in [-0.39, 0.29) is 50.2 Å². The van der Waals surface area contributed by atoms with Gasteiger partial charge in [-0.05, 0) is 12.5 Å². The highest BCUT2D eigenvalue weighted by atomic mass is 32.2. The van der Waals surface area contributed by atoms with E-state index >= 15 is 0 Å². The number of piperazine rings is 1. The lowest BCUT2D eigenvalue weighted by atomic mass is 9.81. The number of carbonyl (C=O) groups excluding carboxylic acids is 3. The molecule has 1 atom stereocenters. The summed E-state index contributed by atoms with van der Waals surface area (Å²) in [4.78, 5) is 40.5. The van der Waals surface area contributed by atoms with Gasteiger partial charge in [0.25, 0.3) is 0 Å². The van der Waals surface area contributed by atoms with Gasteiger partial charge in [0.2, 0.25) is 27.7 Å². The summed E-state index contributed by atoms with van der Waals surface area (Å²) in [5, 5.41) is 0. The monoisotopic (exact) mass is 407 g/mol. The minimum atomic E-state index is -3.26. The molecule has 3 amide bonds. The number of benzene rings is 1. The number of sulfonamides is 1. The summed E-state index contributed by atoms with van der Waals surface area (Å²) in [6.45, 7) is 2.96. The minimum absolute atomic E-state index is 0.0429. The normalized spacial score (nSPS) is 24.1.